The molecule has 1 N–H and O–H groups in total. The van der Waals surface area contributed by atoms with Crippen LogP contribution in [0.1, 0.15) is 33.0 Å². The van der Waals surface area contributed by atoms with Gasteiger partial charge in [0.05, 0.1) is 12.7 Å². The summed E-state index contributed by atoms with van der Waals surface area (Å²) in [7, 11) is 1.08. The van der Waals surface area contributed by atoms with Gasteiger partial charge < -0.3 is 22.4 Å². The second-order valence-electron chi connectivity index (χ2n) is 7.75. The molecule has 0 bridgehead atoms. The normalized spacial score (nSPS) is 12.3. The summed E-state index contributed by atoms with van der Waals surface area (Å²) in [5.41, 5.74) is 2.42. The quantitative estimate of drug-likeness (QED) is 0.438. The van der Waals surface area contributed by atoms with Crippen molar-refractivity contribution in [1.82, 2.24) is 0 Å². The maximum Gasteiger partial charge on any atom is 1.00 e. The van der Waals surface area contributed by atoms with E-state index in [9.17, 15) is 22.5 Å². The average Bonchev–Trinajstić information content (AvgIpc) is 3.11. The number of halogens is 3. The second-order valence-corrected chi connectivity index (χ2v) is 7.75. The van der Waals surface area contributed by atoms with E-state index < -0.39 is 24.5 Å². The zero-order valence-corrected chi connectivity index (χ0v) is 22.0. The predicted octanol–water partition coefficient (Wildman–Crippen LogP) is 2.20. The Bertz CT molecular complexity index is 1200. The molecule has 4 rings (SSSR count). The number of fused-ring (bicyclic) bond motifs is 3. The van der Waals surface area contributed by atoms with E-state index in [0.717, 1.165) is 41.5 Å². The molecule has 10 heteroatoms. The summed E-state index contributed by atoms with van der Waals surface area (Å²) in [6, 6.07) is 17.5. The van der Waals surface area contributed by atoms with Crippen LogP contribution in [0.3, 0.4) is 0 Å². The average molecular weight is 493 g/mol. The van der Waals surface area contributed by atoms with Crippen molar-refractivity contribution >= 4 is 30.2 Å². The molecule has 0 spiro atoms. The number of esters is 1. The maximum atomic E-state index is 13.5. The molecular weight excluding hydrogens is 473 g/mol. The minimum Gasteiger partial charge on any atom is -0.465 e. The van der Waals surface area contributed by atoms with Gasteiger partial charge in [-0.05, 0) is 35.2 Å². The molecule has 3 aromatic carbocycles. The molecule has 0 heterocycles. The number of anilines is 1. The van der Waals surface area contributed by atoms with Crippen molar-refractivity contribution in [2.24, 2.45) is 0 Å². The van der Waals surface area contributed by atoms with Crippen molar-refractivity contribution in [1.29, 1.82) is 0 Å². The van der Waals surface area contributed by atoms with Gasteiger partial charge in [-0.3, -0.25) is 5.32 Å². The number of rotatable bonds is 5. The largest absolute Gasteiger partial charge is 1.00 e. The Morgan fingerprint density at radius 1 is 0.971 bits per heavy atom. The number of ether oxygens (including phenoxy) is 2. The fourth-order valence-corrected chi connectivity index (χ4v) is 4.22. The Kier molecular flexibility index (Phi) is 8.30. The number of amides is 1. The first-order valence-corrected chi connectivity index (χ1v) is 10.3. The van der Waals surface area contributed by atoms with Gasteiger partial charge in [0, 0.05) is 11.6 Å². The van der Waals surface area contributed by atoms with Crippen LogP contribution in [0.15, 0.2) is 60.7 Å². The Balaban J connectivity index is 0.00000324. The second kappa shape index (κ2) is 10.7. The molecule has 170 valence electrons. The van der Waals surface area contributed by atoms with Gasteiger partial charge in [0.25, 0.3) is 0 Å². The molecule has 0 aliphatic heterocycles. The van der Waals surface area contributed by atoms with Gasteiger partial charge in [-0.2, -0.15) is 0 Å². The number of hydrogen-bond acceptors (Lipinski definition) is 4. The molecule has 1 aliphatic rings. The molecule has 5 nitrogen and oxygen atoms in total. The van der Waals surface area contributed by atoms with Crippen molar-refractivity contribution in [2.75, 3.05) is 19.0 Å². The SMILES string of the molecule is COC(=O)c1cc(NC(=O)OCC2c3ccccc3-c3ccccc32)cc([B-](F)(F)F)c1C.[K+]. The van der Waals surface area contributed by atoms with E-state index in [1.165, 1.54) is 6.92 Å². The summed E-state index contributed by atoms with van der Waals surface area (Å²) >= 11 is 0. The summed E-state index contributed by atoms with van der Waals surface area (Å²) in [5.74, 6) is -1.12. The number of benzene rings is 3. The van der Waals surface area contributed by atoms with Crippen LogP contribution in [-0.4, -0.2) is 32.8 Å². The van der Waals surface area contributed by atoms with E-state index in [-0.39, 0.29) is 80.7 Å². The third kappa shape index (κ3) is 5.26. The summed E-state index contributed by atoms with van der Waals surface area (Å²) in [5, 5.41) is 2.31. The predicted molar refractivity (Wildman–Crippen MR) is 120 cm³/mol. The van der Waals surface area contributed by atoms with Crippen LogP contribution >= 0.6 is 0 Å². The molecule has 0 saturated carbocycles. The van der Waals surface area contributed by atoms with E-state index in [1.807, 2.05) is 48.5 Å². The molecule has 0 atom stereocenters. The van der Waals surface area contributed by atoms with Crippen LogP contribution in [-0.2, 0) is 9.47 Å². The van der Waals surface area contributed by atoms with Crippen molar-refractivity contribution in [2.45, 2.75) is 12.8 Å². The van der Waals surface area contributed by atoms with E-state index >= 15 is 0 Å². The number of nitrogens with one attached hydrogen (secondary N) is 1. The van der Waals surface area contributed by atoms with Crippen molar-refractivity contribution in [3.8, 4) is 11.1 Å². The summed E-state index contributed by atoms with van der Waals surface area (Å²) in [4.78, 5) is 24.4. The van der Waals surface area contributed by atoms with Gasteiger partial charge in [0.2, 0.25) is 0 Å². The Labute approximate surface area is 237 Å². The van der Waals surface area contributed by atoms with Crippen LogP contribution in [0.25, 0.3) is 11.1 Å². The zero-order chi connectivity index (χ0) is 23.8. The Morgan fingerprint density at radius 3 is 2.06 bits per heavy atom. The van der Waals surface area contributed by atoms with Crippen molar-refractivity contribution in [3.63, 3.8) is 0 Å². The van der Waals surface area contributed by atoms with Gasteiger partial charge in [-0.15, -0.1) is 5.46 Å². The van der Waals surface area contributed by atoms with Gasteiger partial charge in [0.1, 0.15) is 6.61 Å². The smallest absolute Gasteiger partial charge is 0.465 e. The number of methoxy groups -OCH3 is 1. The van der Waals surface area contributed by atoms with E-state index in [0.29, 0.717) is 0 Å². The minimum absolute atomic E-state index is 0. The third-order valence-corrected chi connectivity index (χ3v) is 5.80. The molecule has 0 radical (unpaired) electrons. The third-order valence-electron chi connectivity index (χ3n) is 5.80. The van der Waals surface area contributed by atoms with Crippen LogP contribution < -0.4 is 62.2 Å². The molecule has 34 heavy (non-hydrogen) atoms. The zero-order valence-electron chi connectivity index (χ0n) is 18.9. The first kappa shape index (κ1) is 26.5. The van der Waals surface area contributed by atoms with Gasteiger partial charge >= 0.3 is 70.4 Å². The fourth-order valence-electron chi connectivity index (χ4n) is 4.22. The molecule has 3 aromatic rings. The van der Waals surface area contributed by atoms with Gasteiger partial charge in [-0.1, -0.05) is 60.2 Å². The number of carbonyl (C=O) groups is 2. The first-order valence-electron chi connectivity index (χ1n) is 10.3. The van der Waals surface area contributed by atoms with Crippen molar-refractivity contribution < 1.29 is 83.4 Å². The molecular formula is C24H20BF3KNO4. The van der Waals surface area contributed by atoms with Crippen molar-refractivity contribution in [3.05, 3.63) is 82.9 Å². The van der Waals surface area contributed by atoms with Crippen LogP contribution in [0.5, 0.6) is 0 Å². The summed E-state index contributed by atoms with van der Waals surface area (Å²) < 4.78 is 50.5. The molecule has 0 aromatic heterocycles. The molecule has 0 saturated heterocycles. The minimum atomic E-state index is -5.42. The van der Waals surface area contributed by atoms with E-state index in [1.54, 1.807) is 0 Å². The van der Waals surface area contributed by atoms with E-state index in [2.05, 4.69) is 10.1 Å². The first-order chi connectivity index (χ1) is 15.7. The number of carbonyl (C=O) groups excluding carboxylic acids is 2. The van der Waals surface area contributed by atoms with Gasteiger partial charge in [0.15, 0.2) is 0 Å². The monoisotopic (exact) mass is 493 g/mol. The van der Waals surface area contributed by atoms with Crippen LogP contribution in [0.4, 0.5) is 23.4 Å². The molecule has 1 amide bonds. The maximum absolute atomic E-state index is 13.5. The topological polar surface area (TPSA) is 64.6 Å². The fraction of sp³-hybridized carbons (Fsp3) is 0.167. The molecule has 0 unspecified atom stereocenters. The molecule has 1 aliphatic carbocycles. The molecule has 0 fully saturated rings. The standard InChI is InChI=1S/C24H20BF3NO4.K/c1-14-20(23(30)32-2)11-15(12-22(14)25(26,27)28)29-24(31)33-13-21-18-9-5-3-7-16(18)17-8-4-6-10-19(17)21;/h3-12,21H,13H2,1-2H3,(H,29,31);/q-1;+1. The summed E-state index contributed by atoms with van der Waals surface area (Å²) in [6.45, 7) is -4.22. The Morgan fingerprint density at radius 2 is 1.53 bits per heavy atom. The number of hydrogen-bond donors (Lipinski definition) is 1. The van der Waals surface area contributed by atoms with Gasteiger partial charge in [-0.25, -0.2) is 9.59 Å². The summed E-state index contributed by atoms with van der Waals surface area (Å²) in [6.07, 6.45) is -0.919. The van der Waals surface area contributed by atoms with Crippen LogP contribution in [0, 0.1) is 6.92 Å². The Hall–Kier alpha value is -2.11. The van der Waals surface area contributed by atoms with Crippen LogP contribution in [0.2, 0.25) is 0 Å². The van der Waals surface area contributed by atoms with E-state index in [4.69, 9.17) is 4.74 Å².